The van der Waals surface area contributed by atoms with Crippen molar-refractivity contribution < 1.29 is 14.3 Å². The van der Waals surface area contributed by atoms with Crippen LogP contribution in [-0.4, -0.2) is 28.9 Å². The van der Waals surface area contributed by atoms with Gasteiger partial charge in [-0.3, -0.25) is 14.9 Å². The van der Waals surface area contributed by atoms with E-state index in [0.29, 0.717) is 33.9 Å². The molecule has 9 heteroatoms. The number of methoxy groups -OCH3 is 1. The molecular weight excluding hydrogens is 456 g/mol. The average Bonchev–Trinajstić information content (AvgIpc) is 3.44. The fourth-order valence-electron chi connectivity index (χ4n) is 4.11. The first-order chi connectivity index (χ1) is 16.0. The van der Waals surface area contributed by atoms with Crippen molar-refractivity contribution in [3.63, 3.8) is 0 Å². The summed E-state index contributed by atoms with van der Waals surface area (Å²) in [6.45, 7) is 1.88. The molecule has 1 fully saturated rings. The van der Waals surface area contributed by atoms with Crippen LogP contribution in [0, 0.1) is 12.8 Å². The molecule has 0 atom stereocenters. The van der Waals surface area contributed by atoms with Crippen molar-refractivity contribution in [3.8, 4) is 16.3 Å². The minimum Gasteiger partial charge on any atom is -0.496 e. The third-order valence-corrected chi connectivity index (χ3v) is 7.71. The van der Waals surface area contributed by atoms with Crippen molar-refractivity contribution >= 4 is 44.8 Å². The van der Waals surface area contributed by atoms with Crippen LogP contribution in [0.2, 0.25) is 0 Å². The van der Waals surface area contributed by atoms with E-state index in [-0.39, 0.29) is 11.8 Å². The second kappa shape index (κ2) is 10.9. The Morgan fingerprint density at radius 3 is 2.67 bits per heavy atom. The zero-order valence-corrected chi connectivity index (χ0v) is 20.5. The quantitative estimate of drug-likeness (QED) is 0.401. The third-order valence-electron chi connectivity index (χ3n) is 5.86. The molecule has 7 nitrogen and oxygen atoms in total. The highest BCUT2D eigenvalue weighted by Gasteiger charge is 2.19. The minimum atomic E-state index is -0.281. The number of nitrogens with zero attached hydrogens (tertiary/aromatic N) is 2. The van der Waals surface area contributed by atoms with Gasteiger partial charge in [-0.1, -0.05) is 55.6 Å². The van der Waals surface area contributed by atoms with Gasteiger partial charge in [0, 0.05) is 11.8 Å². The number of hydrogen-bond acceptors (Lipinski definition) is 7. The molecule has 0 radical (unpaired) electrons. The maximum absolute atomic E-state index is 12.7. The predicted molar refractivity (Wildman–Crippen MR) is 133 cm³/mol. The van der Waals surface area contributed by atoms with E-state index < -0.39 is 0 Å². The summed E-state index contributed by atoms with van der Waals surface area (Å²) in [5.74, 6) is 0.928. The highest BCUT2D eigenvalue weighted by molar-refractivity contribution is 7.20. The van der Waals surface area contributed by atoms with Crippen LogP contribution in [-0.2, 0) is 4.79 Å². The molecule has 1 saturated carbocycles. The zero-order chi connectivity index (χ0) is 23.2. The number of aromatic nitrogens is 2. The maximum Gasteiger partial charge on any atom is 0.261 e. The van der Waals surface area contributed by atoms with Crippen molar-refractivity contribution in [1.82, 2.24) is 9.97 Å². The van der Waals surface area contributed by atoms with Gasteiger partial charge in [-0.2, -0.15) is 0 Å². The van der Waals surface area contributed by atoms with Crippen molar-refractivity contribution in [2.45, 2.75) is 51.9 Å². The molecule has 0 unspecified atom stereocenters. The van der Waals surface area contributed by atoms with Gasteiger partial charge in [0.2, 0.25) is 5.91 Å². The Kier molecular flexibility index (Phi) is 7.72. The van der Waals surface area contributed by atoms with Crippen LogP contribution in [0.15, 0.2) is 29.6 Å². The SMILES string of the molecule is COc1ccccc1C(=O)Nc1nc(C)c(-c2csc(NC(=O)CCC3CCCCC3)n2)s1. The summed E-state index contributed by atoms with van der Waals surface area (Å²) < 4.78 is 5.27. The highest BCUT2D eigenvalue weighted by atomic mass is 32.1. The molecule has 33 heavy (non-hydrogen) atoms. The molecule has 1 aromatic carbocycles. The lowest BCUT2D eigenvalue weighted by Crippen LogP contribution is -2.14. The summed E-state index contributed by atoms with van der Waals surface area (Å²) in [5.41, 5.74) is 1.97. The minimum absolute atomic E-state index is 0.0206. The molecule has 2 N–H and O–H groups in total. The van der Waals surface area contributed by atoms with Gasteiger partial charge in [-0.25, -0.2) is 9.97 Å². The number of thiazole rings is 2. The zero-order valence-electron chi connectivity index (χ0n) is 18.8. The van der Waals surface area contributed by atoms with E-state index in [4.69, 9.17) is 4.74 Å². The first-order valence-electron chi connectivity index (χ1n) is 11.2. The summed E-state index contributed by atoms with van der Waals surface area (Å²) in [6.07, 6.45) is 7.89. The summed E-state index contributed by atoms with van der Waals surface area (Å²) in [7, 11) is 1.53. The molecule has 2 amide bonds. The third kappa shape index (κ3) is 5.97. The number of amides is 2. The Balaban J connectivity index is 1.37. The van der Waals surface area contributed by atoms with Crippen LogP contribution in [0.1, 0.15) is 61.0 Å². The van der Waals surface area contributed by atoms with Gasteiger partial charge in [0.15, 0.2) is 10.3 Å². The Morgan fingerprint density at radius 1 is 1.09 bits per heavy atom. The molecule has 0 saturated heterocycles. The van der Waals surface area contributed by atoms with Crippen molar-refractivity contribution in [2.24, 2.45) is 5.92 Å². The topological polar surface area (TPSA) is 93.2 Å². The van der Waals surface area contributed by atoms with E-state index in [1.165, 1.54) is 61.9 Å². The van der Waals surface area contributed by atoms with Gasteiger partial charge in [0.25, 0.3) is 5.91 Å². The van der Waals surface area contributed by atoms with Crippen LogP contribution in [0.25, 0.3) is 10.6 Å². The normalized spacial score (nSPS) is 14.1. The van der Waals surface area contributed by atoms with E-state index in [0.717, 1.165) is 22.7 Å². The molecule has 4 rings (SSSR count). The number of benzene rings is 1. The Hall–Kier alpha value is -2.78. The monoisotopic (exact) mass is 484 g/mol. The van der Waals surface area contributed by atoms with Crippen LogP contribution >= 0.6 is 22.7 Å². The number of carbonyl (C=O) groups excluding carboxylic acids is 2. The molecule has 174 valence electrons. The number of rotatable bonds is 8. The lowest BCUT2D eigenvalue weighted by molar-refractivity contribution is -0.116. The van der Waals surface area contributed by atoms with Crippen LogP contribution in [0.5, 0.6) is 5.75 Å². The number of anilines is 2. The largest absolute Gasteiger partial charge is 0.496 e. The lowest BCUT2D eigenvalue weighted by Gasteiger charge is -2.20. The molecule has 0 aliphatic heterocycles. The standard InChI is InChI=1S/C24H28N4O3S2/c1-15-21(33-24(25-15)28-22(30)17-10-6-7-11-19(17)31-2)18-14-32-23(26-18)27-20(29)13-12-16-8-4-3-5-9-16/h6-7,10-11,14,16H,3-5,8-9,12-13H2,1-2H3,(H,25,28,30)(H,26,27,29). The van der Waals surface area contributed by atoms with Crippen LogP contribution in [0.3, 0.4) is 0 Å². The molecule has 0 bridgehead atoms. The van der Waals surface area contributed by atoms with Crippen molar-refractivity contribution in [3.05, 3.63) is 40.9 Å². The van der Waals surface area contributed by atoms with Gasteiger partial charge < -0.3 is 10.1 Å². The first kappa shape index (κ1) is 23.4. The summed E-state index contributed by atoms with van der Waals surface area (Å²) >= 11 is 2.76. The molecule has 1 aliphatic carbocycles. The molecule has 0 spiro atoms. The Bertz CT molecular complexity index is 1120. The van der Waals surface area contributed by atoms with Crippen molar-refractivity contribution in [2.75, 3.05) is 17.7 Å². The number of hydrogen-bond donors (Lipinski definition) is 2. The second-order valence-electron chi connectivity index (χ2n) is 8.22. The number of nitrogens with one attached hydrogen (secondary N) is 2. The average molecular weight is 485 g/mol. The van der Waals surface area contributed by atoms with E-state index >= 15 is 0 Å². The fraction of sp³-hybridized carbons (Fsp3) is 0.417. The number of ether oxygens (including phenoxy) is 1. The number of carbonyl (C=O) groups is 2. The van der Waals surface area contributed by atoms with Gasteiger partial charge in [0.1, 0.15) is 5.75 Å². The maximum atomic E-state index is 12.7. The van der Waals surface area contributed by atoms with E-state index in [1.54, 1.807) is 18.2 Å². The van der Waals surface area contributed by atoms with Crippen molar-refractivity contribution in [1.29, 1.82) is 0 Å². The summed E-state index contributed by atoms with van der Waals surface area (Å²) in [5, 5.41) is 8.76. The number of aryl methyl sites for hydroxylation is 1. The summed E-state index contributed by atoms with van der Waals surface area (Å²) in [6, 6.07) is 7.05. The highest BCUT2D eigenvalue weighted by Crippen LogP contribution is 2.35. The van der Waals surface area contributed by atoms with E-state index in [1.807, 2.05) is 18.4 Å². The molecule has 2 heterocycles. The smallest absolute Gasteiger partial charge is 0.261 e. The van der Waals surface area contributed by atoms with Gasteiger partial charge >= 0.3 is 0 Å². The first-order valence-corrected chi connectivity index (χ1v) is 12.9. The van der Waals surface area contributed by atoms with E-state index in [2.05, 4.69) is 20.6 Å². The van der Waals surface area contributed by atoms with E-state index in [9.17, 15) is 9.59 Å². The van der Waals surface area contributed by atoms with Crippen LogP contribution in [0.4, 0.5) is 10.3 Å². The molecule has 1 aliphatic rings. The van der Waals surface area contributed by atoms with Crippen LogP contribution < -0.4 is 15.4 Å². The number of para-hydroxylation sites is 1. The van der Waals surface area contributed by atoms with Gasteiger partial charge in [0.05, 0.1) is 28.9 Å². The van der Waals surface area contributed by atoms with Gasteiger partial charge in [-0.05, 0) is 31.4 Å². The second-order valence-corrected chi connectivity index (χ2v) is 10.1. The van der Waals surface area contributed by atoms with Gasteiger partial charge in [-0.15, -0.1) is 11.3 Å². The molecule has 2 aromatic heterocycles. The fourth-order valence-corrected chi connectivity index (χ4v) is 5.83. The summed E-state index contributed by atoms with van der Waals surface area (Å²) in [4.78, 5) is 35.0. The molecule has 3 aromatic rings. The Morgan fingerprint density at radius 2 is 1.88 bits per heavy atom. The Labute approximate surface area is 201 Å². The predicted octanol–water partition coefficient (Wildman–Crippen LogP) is 6.13. The molecular formula is C24H28N4O3S2. The lowest BCUT2D eigenvalue weighted by atomic mass is 9.86.